The van der Waals surface area contributed by atoms with E-state index in [4.69, 9.17) is 16.3 Å². The van der Waals surface area contributed by atoms with Crippen LogP contribution in [0.5, 0.6) is 5.75 Å². The molecule has 3 heterocycles. The molecule has 0 aliphatic carbocycles. The van der Waals surface area contributed by atoms with Gasteiger partial charge < -0.3 is 9.30 Å². The zero-order valence-electron chi connectivity index (χ0n) is 22.1. The molecule has 0 N–H and O–H groups in total. The van der Waals surface area contributed by atoms with Crippen molar-refractivity contribution in [1.82, 2.24) is 9.58 Å². The fraction of sp³-hybridized carbons (Fsp3) is 0.161. The number of hydrogen-bond donors (Lipinski definition) is 0. The molecule has 1 aliphatic heterocycles. The lowest BCUT2D eigenvalue weighted by Gasteiger charge is -2.22. The Morgan fingerprint density at radius 3 is 2.51 bits per heavy atom. The number of hydrazone groups is 1. The molecule has 208 valence electrons. The predicted molar refractivity (Wildman–Crippen MR) is 163 cm³/mol. The molecule has 1 aliphatic rings. The Labute approximate surface area is 247 Å². The zero-order valence-corrected chi connectivity index (χ0v) is 24.5. The number of para-hydroxylation sites is 1. The number of fused-ring (bicyclic) bond motifs is 1. The molecule has 0 saturated carbocycles. The Morgan fingerprint density at radius 1 is 1.02 bits per heavy atom. The highest BCUT2D eigenvalue weighted by Gasteiger charge is 2.36. The summed E-state index contributed by atoms with van der Waals surface area (Å²) in [5, 5.41) is 9.08. The Kier molecular flexibility index (Phi) is 7.42. The first-order valence-electron chi connectivity index (χ1n) is 13.0. The average molecular weight is 604 g/mol. The molecule has 2 aromatic heterocycles. The average Bonchev–Trinajstić information content (AvgIpc) is 3.74. The van der Waals surface area contributed by atoms with Crippen molar-refractivity contribution in [2.45, 2.75) is 23.9 Å². The van der Waals surface area contributed by atoms with Crippen molar-refractivity contribution in [2.24, 2.45) is 5.10 Å². The third-order valence-corrected chi connectivity index (χ3v) is 10.1. The molecule has 1 atom stereocenters. The molecule has 0 spiro atoms. The van der Waals surface area contributed by atoms with E-state index in [-0.39, 0.29) is 4.90 Å². The number of carbonyl (C=O) groups excluding carboxylic acids is 1. The first-order chi connectivity index (χ1) is 19.8. The van der Waals surface area contributed by atoms with Crippen molar-refractivity contribution >= 4 is 55.3 Å². The van der Waals surface area contributed by atoms with Gasteiger partial charge in [-0.2, -0.15) is 5.10 Å². The smallest absolute Gasteiger partial charge is 0.258 e. The Morgan fingerprint density at radius 2 is 1.78 bits per heavy atom. The van der Waals surface area contributed by atoms with Crippen molar-refractivity contribution in [3.8, 4) is 5.75 Å². The molecule has 5 aromatic rings. The predicted octanol–water partition coefficient (Wildman–Crippen LogP) is 6.56. The number of carbonyl (C=O) groups is 1. The maximum absolute atomic E-state index is 13.8. The van der Waals surface area contributed by atoms with Gasteiger partial charge in [0.1, 0.15) is 11.5 Å². The first kappa shape index (κ1) is 27.3. The van der Waals surface area contributed by atoms with E-state index < -0.39 is 27.5 Å². The highest BCUT2D eigenvalue weighted by Crippen LogP contribution is 2.35. The molecule has 0 saturated heterocycles. The van der Waals surface area contributed by atoms with Gasteiger partial charge >= 0.3 is 0 Å². The third-order valence-electron chi connectivity index (χ3n) is 7.17. The van der Waals surface area contributed by atoms with Gasteiger partial charge in [-0.05, 0) is 46.8 Å². The maximum Gasteiger partial charge on any atom is 0.258 e. The Bertz CT molecular complexity index is 1860. The van der Waals surface area contributed by atoms with E-state index in [9.17, 15) is 13.2 Å². The summed E-state index contributed by atoms with van der Waals surface area (Å²) < 4.78 is 34.8. The molecule has 0 radical (unpaired) electrons. The van der Waals surface area contributed by atoms with E-state index in [0.717, 1.165) is 27.2 Å². The number of thiophene rings is 1. The number of benzene rings is 3. The number of rotatable bonds is 8. The number of nitrogens with zero attached hydrogens (tertiary/aromatic N) is 3. The standard InChI is InChI=1S/C31H26ClN3O4S2/c1-39-23-14-12-21(13-15-23)28-17-26(29-11-6-16-40-29)33-35(28)31(36)20-41(37,38)30-19-34(27-10-5-3-8-24(27)30)18-22-7-2-4-9-25(22)32/h2-16,19,28H,17-18,20H2,1H3. The molecule has 10 heteroatoms. The number of amides is 1. The van der Waals surface area contributed by atoms with Crippen molar-refractivity contribution in [3.63, 3.8) is 0 Å². The van der Waals surface area contributed by atoms with Gasteiger partial charge in [-0.1, -0.05) is 66.2 Å². The summed E-state index contributed by atoms with van der Waals surface area (Å²) in [7, 11) is -2.43. The van der Waals surface area contributed by atoms with Crippen molar-refractivity contribution in [1.29, 1.82) is 0 Å². The highest BCUT2D eigenvalue weighted by molar-refractivity contribution is 7.92. The van der Waals surface area contributed by atoms with Gasteiger partial charge in [0.15, 0.2) is 9.84 Å². The van der Waals surface area contributed by atoms with Gasteiger partial charge in [0.2, 0.25) is 0 Å². The van der Waals surface area contributed by atoms with Crippen LogP contribution in [0.15, 0.2) is 107 Å². The SMILES string of the molecule is COc1ccc(C2CC(c3cccs3)=NN2C(=O)CS(=O)(=O)c2cn(Cc3ccccc3Cl)c3ccccc23)cc1. The van der Waals surface area contributed by atoms with Gasteiger partial charge in [-0.15, -0.1) is 11.3 Å². The van der Waals surface area contributed by atoms with Crippen LogP contribution in [0.1, 0.15) is 28.5 Å². The minimum Gasteiger partial charge on any atom is -0.497 e. The lowest BCUT2D eigenvalue weighted by atomic mass is 10.0. The number of sulfone groups is 1. The van der Waals surface area contributed by atoms with Crippen LogP contribution < -0.4 is 4.74 Å². The Hall–Kier alpha value is -3.92. The largest absolute Gasteiger partial charge is 0.497 e. The third kappa shape index (κ3) is 5.40. The van der Waals surface area contributed by atoms with E-state index in [0.29, 0.717) is 29.1 Å². The minimum absolute atomic E-state index is 0.108. The number of hydrogen-bond acceptors (Lipinski definition) is 6. The molecular formula is C31H26ClN3O4S2. The number of ether oxygens (including phenoxy) is 1. The number of halogens is 1. The monoisotopic (exact) mass is 603 g/mol. The molecule has 1 unspecified atom stereocenters. The second-order valence-electron chi connectivity index (χ2n) is 9.74. The molecule has 0 fully saturated rings. The summed E-state index contributed by atoms with van der Waals surface area (Å²) in [4.78, 5) is 14.8. The van der Waals surface area contributed by atoms with E-state index in [1.54, 1.807) is 31.5 Å². The van der Waals surface area contributed by atoms with Crippen LogP contribution in [-0.2, 0) is 21.2 Å². The first-order valence-corrected chi connectivity index (χ1v) is 15.9. The molecule has 41 heavy (non-hydrogen) atoms. The van der Waals surface area contributed by atoms with E-state index in [1.807, 2.05) is 76.7 Å². The van der Waals surface area contributed by atoms with Gasteiger partial charge in [0.05, 0.1) is 28.6 Å². The maximum atomic E-state index is 13.8. The summed E-state index contributed by atoms with van der Waals surface area (Å²) in [5.41, 5.74) is 3.21. The Balaban J connectivity index is 1.33. The van der Waals surface area contributed by atoms with Crippen LogP contribution >= 0.6 is 22.9 Å². The molecular weight excluding hydrogens is 578 g/mol. The molecule has 1 amide bonds. The molecule has 6 rings (SSSR count). The lowest BCUT2D eigenvalue weighted by molar-refractivity contribution is -0.130. The van der Waals surface area contributed by atoms with E-state index in [2.05, 4.69) is 5.10 Å². The minimum atomic E-state index is -4.02. The summed E-state index contributed by atoms with van der Waals surface area (Å²) in [6.07, 6.45) is 2.08. The summed E-state index contributed by atoms with van der Waals surface area (Å²) >= 11 is 7.93. The van der Waals surface area contributed by atoms with Gasteiger partial charge in [-0.3, -0.25) is 4.79 Å². The second-order valence-corrected chi connectivity index (χ2v) is 13.1. The molecule has 3 aromatic carbocycles. The van der Waals surface area contributed by atoms with Crippen molar-refractivity contribution in [3.05, 3.63) is 118 Å². The van der Waals surface area contributed by atoms with Gasteiger partial charge in [0, 0.05) is 35.1 Å². The quantitative estimate of drug-likeness (QED) is 0.201. The van der Waals surface area contributed by atoms with Crippen LogP contribution in [0, 0.1) is 0 Å². The van der Waals surface area contributed by atoms with Crippen molar-refractivity contribution in [2.75, 3.05) is 12.9 Å². The fourth-order valence-corrected chi connectivity index (χ4v) is 7.45. The topological polar surface area (TPSA) is 81.0 Å². The molecule has 7 nitrogen and oxygen atoms in total. The van der Waals surface area contributed by atoms with E-state index >= 15 is 0 Å². The van der Waals surface area contributed by atoms with Crippen LogP contribution in [0.4, 0.5) is 0 Å². The van der Waals surface area contributed by atoms with Crippen LogP contribution in [-0.4, -0.2) is 42.5 Å². The van der Waals surface area contributed by atoms with Gasteiger partial charge in [-0.25, -0.2) is 13.4 Å². The number of methoxy groups -OCH3 is 1. The lowest BCUT2D eigenvalue weighted by Crippen LogP contribution is -2.32. The van der Waals surface area contributed by atoms with Crippen molar-refractivity contribution < 1.29 is 17.9 Å². The van der Waals surface area contributed by atoms with Gasteiger partial charge in [0.25, 0.3) is 5.91 Å². The molecule has 0 bridgehead atoms. The summed E-state index contributed by atoms with van der Waals surface area (Å²) in [6, 6.07) is 25.6. The van der Waals surface area contributed by atoms with Crippen LogP contribution in [0.2, 0.25) is 5.02 Å². The fourth-order valence-electron chi connectivity index (χ4n) is 5.13. The van der Waals surface area contributed by atoms with Crippen LogP contribution in [0.3, 0.4) is 0 Å². The number of aromatic nitrogens is 1. The second kappa shape index (κ2) is 11.2. The highest BCUT2D eigenvalue weighted by atomic mass is 35.5. The summed E-state index contributed by atoms with van der Waals surface area (Å²) in [5.74, 6) is -0.596. The normalized spacial score (nSPS) is 15.3. The zero-order chi connectivity index (χ0) is 28.6. The summed E-state index contributed by atoms with van der Waals surface area (Å²) in [6.45, 7) is 0.393. The van der Waals surface area contributed by atoms with Crippen LogP contribution in [0.25, 0.3) is 10.9 Å². The van der Waals surface area contributed by atoms with E-state index in [1.165, 1.54) is 16.3 Å².